The summed E-state index contributed by atoms with van der Waals surface area (Å²) in [5.41, 5.74) is 3.63. The molecule has 27 heavy (non-hydrogen) atoms. The number of aromatic hydroxyl groups is 1. The number of aromatic nitrogens is 2. The van der Waals surface area contributed by atoms with Crippen molar-refractivity contribution in [1.82, 2.24) is 14.3 Å². The number of carbonyl (C=O) groups excluding carboxylic acids is 1. The molecule has 140 valence electrons. The highest BCUT2D eigenvalue weighted by molar-refractivity contribution is 5.93. The molecule has 5 heteroatoms. The van der Waals surface area contributed by atoms with Crippen molar-refractivity contribution in [2.24, 2.45) is 0 Å². The fourth-order valence-electron chi connectivity index (χ4n) is 3.97. The number of likely N-dealkylation sites (tertiary alicyclic amines) is 1. The van der Waals surface area contributed by atoms with Gasteiger partial charge in [-0.3, -0.25) is 4.79 Å². The number of phenolic OH excluding ortho intramolecular Hbond substituents is 1. The first-order valence-corrected chi connectivity index (χ1v) is 9.65. The Kier molecular flexibility index (Phi) is 4.84. The van der Waals surface area contributed by atoms with Gasteiger partial charge in [0.25, 0.3) is 5.91 Å². The van der Waals surface area contributed by atoms with Crippen molar-refractivity contribution >= 4 is 11.6 Å². The molecule has 3 aromatic rings. The number of benzene rings is 1. The SMILES string of the molecule is Cc1cccn2cc(C(=O)N3CCCC[C@H]3CCc3ccc(O)cc3)nc12. The van der Waals surface area contributed by atoms with E-state index in [4.69, 9.17) is 0 Å². The summed E-state index contributed by atoms with van der Waals surface area (Å²) in [6.45, 7) is 2.81. The third kappa shape index (κ3) is 3.68. The molecule has 1 N–H and O–H groups in total. The van der Waals surface area contributed by atoms with Gasteiger partial charge in [-0.15, -0.1) is 0 Å². The Morgan fingerprint density at radius 1 is 1.22 bits per heavy atom. The summed E-state index contributed by atoms with van der Waals surface area (Å²) in [4.78, 5) is 19.8. The molecule has 1 aliphatic rings. The molecule has 0 spiro atoms. The maximum atomic E-state index is 13.2. The summed E-state index contributed by atoms with van der Waals surface area (Å²) >= 11 is 0. The minimum atomic E-state index is 0.0357. The van der Waals surface area contributed by atoms with E-state index in [-0.39, 0.29) is 17.7 Å². The number of aryl methyl sites for hydroxylation is 2. The minimum absolute atomic E-state index is 0.0357. The normalized spacial score (nSPS) is 17.4. The Morgan fingerprint density at radius 2 is 2.04 bits per heavy atom. The van der Waals surface area contributed by atoms with E-state index in [2.05, 4.69) is 4.98 Å². The Morgan fingerprint density at radius 3 is 2.81 bits per heavy atom. The van der Waals surface area contributed by atoms with E-state index in [0.29, 0.717) is 5.69 Å². The van der Waals surface area contributed by atoms with Crippen LogP contribution in [0.2, 0.25) is 0 Å². The lowest BCUT2D eigenvalue weighted by atomic mass is 9.95. The number of piperidine rings is 1. The average molecular weight is 363 g/mol. The Bertz CT molecular complexity index is 946. The quantitative estimate of drug-likeness (QED) is 0.763. The lowest BCUT2D eigenvalue weighted by Crippen LogP contribution is -2.44. The maximum absolute atomic E-state index is 13.2. The van der Waals surface area contributed by atoms with Crippen LogP contribution in [0.25, 0.3) is 5.65 Å². The van der Waals surface area contributed by atoms with Crippen LogP contribution < -0.4 is 0 Å². The number of amides is 1. The molecule has 1 saturated heterocycles. The number of hydrogen-bond acceptors (Lipinski definition) is 3. The molecule has 0 aliphatic carbocycles. The largest absolute Gasteiger partial charge is 0.508 e. The molecule has 0 bridgehead atoms. The molecule has 2 aromatic heterocycles. The van der Waals surface area contributed by atoms with Crippen LogP contribution in [-0.2, 0) is 6.42 Å². The molecule has 1 atom stereocenters. The zero-order valence-electron chi connectivity index (χ0n) is 15.6. The third-order valence-electron chi connectivity index (χ3n) is 5.49. The summed E-state index contributed by atoms with van der Waals surface area (Å²) in [5.74, 6) is 0.323. The van der Waals surface area contributed by atoms with Gasteiger partial charge in [-0.25, -0.2) is 4.98 Å². The van der Waals surface area contributed by atoms with Crippen LogP contribution in [0.4, 0.5) is 0 Å². The zero-order valence-corrected chi connectivity index (χ0v) is 15.6. The maximum Gasteiger partial charge on any atom is 0.274 e. The van der Waals surface area contributed by atoms with Crippen molar-refractivity contribution in [3.05, 3.63) is 65.6 Å². The molecule has 3 heterocycles. The highest BCUT2D eigenvalue weighted by atomic mass is 16.3. The van der Waals surface area contributed by atoms with E-state index < -0.39 is 0 Å². The number of carbonyl (C=O) groups is 1. The lowest BCUT2D eigenvalue weighted by Gasteiger charge is -2.35. The molecule has 1 aromatic carbocycles. The van der Waals surface area contributed by atoms with Crippen molar-refractivity contribution in [3.63, 3.8) is 0 Å². The van der Waals surface area contributed by atoms with E-state index in [0.717, 1.165) is 49.9 Å². The van der Waals surface area contributed by atoms with Gasteiger partial charge in [-0.2, -0.15) is 0 Å². The van der Waals surface area contributed by atoms with Crippen molar-refractivity contribution in [3.8, 4) is 5.75 Å². The zero-order chi connectivity index (χ0) is 18.8. The molecule has 0 unspecified atom stereocenters. The number of imidazole rings is 1. The lowest BCUT2D eigenvalue weighted by molar-refractivity contribution is 0.0596. The van der Waals surface area contributed by atoms with Gasteiger partial charge >= 0.3 is 0 Å². The second-order valence-electron chi connectivity index (χ2n) is 7.40. The number of hydrogen-bond donors (Lipinski definition) is 1. The summed E-state index contributed by atoms with van der Waals surface area (Å²) in [6.07, 6.45) is 8.86. The highest BCUT2D eigenvalue weighted by Gasteiger charge is 2.28. The van der Waals surface area contributed by atoms with Crippen molar-refractivity contribution in [1.29, 1.82) is 0 Å². The number of fused-ring (bicyclic) bond motifs is 1. The summed E-state index contributed by atoms with van der Waals surface area (Å²) < 4.78 is 1.93. The van der Waals surface area contributed by atoms with Crippen LogP contribution in [-0.4, -0.2) is 37.9 Å². The van der Waals surface area contributed by atoms with E-state index in [9.17, 15) is 9.90 Å². The van der Waals surface area contributed by atoms with Gasteiger partial charge < -0.3 is 14.4 Å². The van der Waals surface area contributed by atoms with Crippen LogP contribution >= 0.6 is 0 Å². The van der Waals surface area contributed by atoms with Crippen LogP contribution in [0.5, 0.6) is 5.75 Å². The first-order chi connectivity index (χ1) is 13.1. The van der Waals surface area contributed by atoms with Crippen LogP contribution in [0.1, 0.15) is 47.3 Å². The Hall–Kier alpha value is -2.82. The second-order valence-corrected chi connectivity index (χ2v) is 7.40. The highest BCUT2D eigenvalue weighted by Crippen LogP contribution is 2.24. The average Bonchev–Trinajstić information content (AvgIpc) is 3.13. The predicted molar refractivity (Wildman–Crippen MR) is 105 cm³/mol. The summed E-state index contributed by atoms with van der Waals surface area (Å²) in [6, 6.07) is 11.6. The van der Waals surface area contributed by atoms with Gasteiger partial charge in [-0.1, -0.05) is 18.2 Å². The second kappa shape index (κ2) is 7.43. The smallest absolute Gasteiger partial charge is 0.274 e. The number of pyridine rings is 1. The van der Waals surface area contributed by atoms with Gasteiger partial charge in [0.1, 0.15) is 17.1 Å². The van der Waals surface area contributed by atoms with E-state index >= 15 is 0 Å². The van der Waals surface area contributed by atoms with E-state index in [1.807, 2.05) is 52.9 Å². The minimum Gasteiger partial charge on any atom is -0.508 e. The monoisotopic (exact) mass is 363 g/mol. The molecule has 1 amide bonds. The first-order valence-electron chi connectivity index (χ1n) is 9.65. The van der Waals surface area contributed by atoms with Crippen molar-refractivity contribution in [2.45, 2.75) is 45.1 Å². The third-order valence-corrected chi connectivity index (χ3v) is 5.49. The summed E-state index contributed by atoms with van der Waals surface area (Å²) in [5, 5.41) is 9.43. The summed E-state index contributed by atoms with van der Waals surface area (Å²) in [7, 11) is 0. The molecular formula is C22H25N3O2. The molecule has 5 nitrogen and oxygen atoms in total. The number of rotatable bonds is 4. The standard InChI is InChI=1S/C22H25N3O2/c1-16-5-4-13-24-15-20(23-21(16)24)22(27)25-14-3-2-6-18(25)10-7-17-8-11-19(26)12-9-17/h4-5,8-9,11-13,15,18,26H,2-3,6-7,10,14H2,1H3/t18-/m0/s1. The fourth-order valence-corrected chi connectivity index (χ4v) is 3.97. The number of nitrogens with zero attached hydrogens (tertiary/aromatic N) is 3. The van der Waals surface area contributed by atoms with Crippen LogP contribution in [0.15, 0.2) is 48.8 Å². The molecule has 0 radical (unpaired) electrons. The number of phenols is 1. The predicted octanol–water partition coefficient (Wildman–Crippen LogP) is 3.98. The topological polar surface area (TPSA) is 57.8 Å². The van der Waals surface area contributed by atoms with Crippen LogP contribution in [0, 0.1) is 6.92 Å². The fraction of sp³-hybridized carbons (Fsp3) is 0.364. The van der Waals surface area contributed by atoms with Crippen molar-refractivity contribution in [2.75, 3.05) is 6.54 Å². The van der Waals surface area contributed by atoms with Gasteiger partial charge in [-0.05, 0) is 68.4 Å². The molecule has 1 fully saturated rings. The van der Waals surface area contributed by atoms with E-state index in [1.54, 1.807) is 12.1 Å². The molecule has 4 rings (SSSR count). The van der Waals surface area contributed by atoms with Gasteiger partial charge in [0, 0.05) is 25.0 Å². The first kappa shape index (κ1) is 17.6. The molecule has 1 aliphatic heterocycles. The van der Waals surface area contributed by atoms with Crippen molar-refractivity contribution < 1.29 is 9.90 Å². The Balaban J connectivity index is 1.51. The van der Waals surface area contributed by atoms with Gasteiger partial charge in [0.2, 0.25) is 0 Å². The van der Waals surface area contributed by atoms with Gasteiger partial charge in [0.05, 0.1) is 0 Å². The van der Waals surface area contributed by atoms with E-state index in [1.165, 1.54) is 5.56 Å². The Labute approximate surface area is 159 Å². The molecular weight excluding hydrogens is 338 g/mol. The van der Waals surface area contributed by atoms with Crippen LogP contribution in [0.3, 0.4) is 0 Å². The molecule has 0 saturated carbocycles. The van der Waals surface area contributed by atoms with Gasteiger partial charge in [0.15, 0.2) is 0 Å².